The van der Waals surface area contributed by atoms with Gasteiger partial charge in [-0.25, -0.2) is 0 Å². The number of hydrogen-bond acceptors (Lipinski definition) is 3. The fourth-order valence-electron chi connectivity index (χ4n) is 2.81. The maximum atomic E-state index is 12.3. The number of rotatable bonds is 6. The van der Waals surface area contributed by atoms with Crippen molar-refractivity contribution >= 4 is 5.91 Å². The van der Waals surface area contributed by atoms with Crippen LogP contribution < -0.4 is 5.73 Å². The van der Waals surface area contributed by atoms with Gasteiger partial charge in [-0.05, 0) is 38.4 Å². The van der Waals surface area contributed by atoms with Gasteiger partial charge >= 0.3 is 0 Å². The van der Waals surface area contributed by atoms with Gasteiger partial charge in [0.05, 0.1) is 0 Å². The summed E-state index contributed by atoms with van der Waals surface area (Å²) in [4.78, 5) is 16.7. The molecule has 1 heterocycles. The summed E-state index contributed by atoms with van der Waals surface area (Å²) in [5.74, 6) is 0.287. The maximum Gasteiger partial charge on any atom is 0.222 e. The summed E-state index contributed by atoms with van der Waals surface area (Å²) in [6.45, 7) is 7.57. The number of amides is 1. The molecule has 0 atom stereocenters. The summed E-state index contributed by atoms with van der Waals surface area (Å²) in [7, 11) is 0. The van der Waals surface area contributed by atoms with Crippen LogP contribution in [-0.2, 0) is 11.2 Å². The van der Waals surface area contributed by atoms with Crippen LogP contribution in [0.5, 0.6) is 0 Å². The molecule has 0 unspecified atom stereocenters. The first-order chi connectivity index (χ1) is 10.2. The Morgan fingerprint density at radius 1 is 1.24 bits per heavy atom. The first-order valence-corrected chi connectivity index (χ1v) is 7.95. The third-order valence-corrected chi connectivity index (χ3v) is 4.11. The lowest BCUT2D eigenvalue weighted by Crippen LogP contribution is -2.49. The third-order valence-electron chi connectivity index (χ3n) is 4.11. The van der Waals surface area contributed by atoms with E-state index in [9.17, 15) is 4.79 Å². The van der Waals surface area contributed by atoms with Gasteiger partial charge in [-0.15, -0.1) is 0 Å². The lowest BCUT2D eigenvalue weighted by Gasteiger charge is -2.34. The Bertz CT molecular complexity index is 453. The van der Waals surface area contributed by atoms with Crippen molar-refractivity contribution in [3.05, 3.63) is 35.4 Å². The number of nitrogens with zero attached hydrogens (tertiary/aromatic N) is 2. The Morgan fingerprint density at radius 3 is 2.67 bits per heavy atom. The van der Waals surface area contributed by atoms with Gasteiger partial charge in [-0.2, -0.15) is 0 Å². The highest BCUT2D eigenvalue weighted by Gasteiger charge is 2.20. The molecule has 1 fully saturated rings. The standard InChI is InChI=1S/C17H27N3O/c1-15-4-2-5-16(14-15)6-7-17(21)20-12-10-19(11-13-20)9-3-8-18/h2,4-5,14H,3,6-13,18H2,1H3. The van der Waals surface area contributed by atoms with E-state index in [1.54, 1.807) is 0 Å². The van der Waals surface area contributed by atoms with Gasteiger partial charge in [0.25, 0.3) is 0 Å². The van der Waals surface area contributed by atoms with Gasteiger partial charge in [-0.3, -0.25) is 9.69 Å². The molecule has 1 aliphatic rings. The summed E-state index contributed by atoms with van der Waals surface area (Å²) >= 11 is 0. The summed E-state index contributed by atoms with van der Waals surface area (Å²) in [6, 6.07) is 8.42. The van der Waals surface area contributed by atoms with Gasteiger partial charge in [0.2, 0.25) is 5.91 Å². The SMILES string of the molecule is Cc1cccc(CCC(=O)N2CCN(CCCN)CC2)c1. The molecule has 0 aromatic heterocycles. The van der Waals surface area contributed by atoms with Gasteiger partial charge in [0, 0.05) is 32.6 Å². The number of carbonyl (C=O) groups excluding carboxylic acids is 1. The first-order valence-electron chi connectivity index (χ1n) is 7.95. The highest BCUT2D eigenvalue weighted by molar-refractivity contribution is 5.76. The zero-order valence-corrected chi connectivity index (χ0v) is 13.1. The Labute approximate surface area is 127 Å². The van der Waals surface area contributed by atoms with E-state index in [2.05, 4.69) is 36.1 Å². The van der Waals surface area contributed by atoms with Crippen LogP contribution in [0.3, 0.4) is 0 Å². The van der Waals surface area contributed by atoms with Crippen LogP contribution in [-0.4, -0.2) is 55.0 Å². The quantitative estimate of drug-likeness (QED) is 0.861. The van der Waals surface area contributed by atoms with Crippen LogP contribution in [0, 0.1) is 6.92 Å². The minimum absolute atomic E-state index is 0.287. The lowest BCUT2D eigenvalue weighted by atomic mass is 10.1. The normalized spacial score (nSPS) is 16.2. The van der Waals surface area contributed by atoms with Gasteiger partial charge in [0.15, 0.2) is 0 Å². The minimum atomic E-state index is 0.287. The fraction of sp³-hybridized carbons (Fsp3) is 0.588. The predicted molar refractivity (Wildman–Crippen MR) is 86.2 cm³/mol. The van der Waals surface area contributed by atoms with Crippen molar-refractivity contribution in [3.63, 3.8) is 0 Å². The van der Waals surface area contributed by atoms with E-state index >= 15 is 0 Å². The molecule has 0 aliphatic carbocycles. The second-order valence-corrected chi connectivity index (χ2v) is 5.85. The number of nitrogens with two attached hydrogens (primary N) is 1. The minimum Gasteiger partial charge on any atom is -0.340 e. The molecular weight excluding hydrogens is 262 g/mol. The highest BCUT2D eigenvalue weighted by atomic mass is 16.2. The van der Waals surface area contributed by atoms with Gasteiger partial charge < -0.3 is 10.6 Å². The van der Waals surface area contributed by atoms with Crippen molar-refractivity contribution in [2.45, 2.75) is 26.2 Å². The van der Waals surface area contributed by atoms with E-state index < -0.39 is 0 Å². The third kappa shape index (κ3) is 5.14. The molecule has 4 heteroatoms. The zero-order valence-electron chi connectivity index (χ0n) is 13.1. The Kier molecular flexibility index (Phi) is 6.21. The molecular formula is C17H27N3O. The van der Waals surface area contributed by atoms with Crippen LogP contribution in [0.25, 0.3) is 0 Å². The molecule has 0 radical (unpaired) electrons. The lowest BCUT2D eigenvalue weighted by molar-refractivity contribution is -0.132. The van der Waals surface area contributed by atoms with Crippen molar-refractivity contribution in [3.8, 4) is 0 Å². The Balaban J connectivity index is 1.72. The second-order valence-electron chi connectivity index (χ2n) is 5.85. The van der Waals surface area contributed by atoms with Crippen LogP contribution in [0.4, 0.5) is 0 Å². The molecule has 1 aromatic carbocycles. The van der Waals surface area contributed by atoms with Crippen molar-refractivity contribution in [1.82, 2.24) is 9.80 Å². The van der Waals surface area contributed by atoms with Crippen LogP contribution >= 0.6 is 0 Å². The molecule has 2 N–H and O–H groups in total. The van der Waals surface area contributed by atoms with Crippen molar-refractivity contribution in [1.29, 1.82) is 0 Å². The summed E-state index contributed by atoms with van der Waals surface area (Å²) < 4.78 is 0. The first kappa shape index (κ1) is 16.0. The summed E-state index contributed by atoms with van der Waals surface area (Å²) in [6.07, 6.45) is 2.50. The molecule has 0 saturated carbocycles. The van der Waals surface area contributed by atoms with E-state index in [1.807, 2.05) is 4.90 Å². The van der Waals surface area contributed by atoms with Crippen molar-refractivity contribution < 1.29 is 4.79 Å². The van der Waals surface area contributed by atoms with Crippen molar-refractivity contribution in [2.75, 3.05) is 39.3 Å². The highest BCUT2D eigenvalue weighted by Crippen LogP contribution is 2.09. The predicted octanol–water partition coefficient (Wildman–Crippen LogP) is 1.42. The van der Waals surface area contributed by atoms with Crippen molar-refractivity contribution in [2.24, 2.45) is 5.73 Å². The Morgan fingerprint density at radius 2 is 2.00 bits per heavy atom. The topological polar surface area (TPSA) is 49.6 Å². The largest absolute Gasteiger partial charge is 0.340 e. The van der Waals surface area contributed by atoms with Gasteiger partial charge in [-0.1, -0.05) is 29.8 Å². The zero-order chi connectivity index (χ0) is 15.1. The number of aryl methyl sites for hydroxylation is 2. The van der Waals surface area contributed by atoms with E-state index in [0.717, 1.165) is 52.1 Å². The average Bonchev–Trinajstić information content (AvgIpc) is 2.51. The summed E-state index contributed by atoms with van der Waals surface area (Å²) in [5, 5.41) is 0. The monoisotopic (exact) mass is 289 g/mol. The molecule has 1 saturated heterocycles. The van der Waals surface area contributed by atoms with E-state index in [1.165, 1.54) is 11.1 Å². The number of benzene rings is 1. The molecule has 2 rings (SSSR count). The molecule has 0 spiro atoms. The van der Waals surface area contributed by atoms with Gasteiger partial charge in [0.1, 0.15) is 0 Å². The average molecular weight is 289 g/mol. The Hall–Kier alpha value is -1.39. The molecule has 21 heavy (non-hydrogen) atoms. The molecule has 1 aliphatic heterocycles. The number of piperazine rings is 1. The van der Waals surface area contributed by atoms with E-state index in [-0.39, 0.29) is 5.91 Å². The smallest absolute Gasteiger partial charge is 0.222 e. The molecule has 4 nitrogen and oxygen atoms in total. The number of hydrogen-bond donors (Lipinski definition) is 1. The van der Waals surface area contributed by atoms with Crippen LogP contribution in [0.1, 0.15) is 24.0 Å². The molecule has 1 amide bonds. The number of carbonyl (C=O) groups is 1. The van der Waals surface area contributed by atoms with E-state index in [4.69, 9.17) is 5.73 Å². The van der Waals surface area contributed by atoms with Crippen LogP contribution in [0.2, 0.25) is 0 Å². The van der Waals surface area contributed by atoms with Crippen LogP contribution in [0.15, 0.2) is 24.3 Å². The second kappa shape index (κ2) is 8.15. The van der Waals surface area contributed by atoms with E-state index in [0.29, 0.717) is 6.42 Å². The molecule has 116 valence electrons. The molecule has 1 aromatic rings. The maximum absolute atomic E-state index is 12.3. The fourth-order valence-corrected chi connectivity index (χ4v) is 2.81. The summed E-state index contributed by atoms with van der Waals surface area (Å²) in [5.41, 5.74) is 8.05. The molecule has 0 bridgehead atoms.